The molecule has 0 saturated carbocycles. The molecule has 0 fully saturated rings. The minimum Gasteiger partial charge on any atom is -0.289 e. The van der Waals surface area contributed by atoms with Gasteiger partial charge in [-0.25, -0.2) is 4.99 Å². The summed E-state index contributed by atoms with van der Waals surface area (Å²) in [7, 11) is 0. The van der Waals surface area contributed by atoms with Crippen LogP contribution in [0.15, 0.2) is 17.3 Å². The molecule has 0 bridgehead atoms. The molecular formula is C5H6Cl2N2. The van der Waals surface area contributed by atoms with Gasteiger partial charge >= 0.3 is 0 Å². The van der Waals surface area contributed by atoms with Crippen LogP contribution in [-0.2, 0) is 0 Å². The minimum atomic E-state index is -0.0586. The van der Waals surface area contributed by atoms with E-state index in [9.17, 15) is 0 Å². The molecule has 0 unspecified atom stereocenters. The Balaban J connectivity index is 3.74. The Morgan fingerprint density at radius 2 is 2.11 bits per heavy atom. The molecule has 0 aromatic rings. The van der Waals surface area contributed by atoms with E-state index in [0.717, 1.165) is 0 Å². The second-order valence-corrected chi connectivity index (χ2v) is 2.24. The maximum Gasteiger partial charge on any atom is 0.122 e. The molecule has 0 aliphatic heterocycles. The number of allylic oxidation sites excluding steroid dienone is 1. The Kier molecular flexibility index (Phi) is 4.36. The second kappa shape index (κ2) is 4.53. The zero-order chi connectivity index (χ0) is 7.28. The first-order chi connectivity index (χ1) is 4.13. The van der Waals surface area contributed by atoms with E-state index in [2.05, 4.69) is 4.99 Å². The van der Waals surface area contributed by atoms with Crippen molar-refractivity contribution in [1.82, 2.24) is 0 Å². The van der Waals surface area contributed by atoms with Crippen molar-refractivity contribution in [3.05, 3.63) is 12.3 Å². The van der Waals surface area contributed by atoms with Crippen LogP contribution in [0.5, 0.6) is 0 Å². The highest BCUT2D eigenvalue weighted by molar-refractivity contribution is 6.67. The molecule has 0 aliphatic rings. The molecule has 0 radical (unpaired) electrons. The van der Waals surface area contributed by atoms with Crippen LogP contribution in [0.1, 0.15) is 6.92 Å². The Morgan fingerprint density at radius 1 is 1.56 bits per heavy atom. The van der Waals surface area contributed by atoms with Crippen molar-refractivity contribution in [2.45, 2.75) is 6.92 Å². The van der Waals surface area contributed by atoms with E-state index in [1.807, 2.05) is 0 Å². The molecule has 0 aliphatic carbocycles. The molecule has 1 N–H and O–H groups in total. The van der Waals surface area contributed by atoms with Gasteiger partial charge in [-0.1, -0.05) is 23.2 Å². The first kappa shape index (κ1) is 8.66. The summed E-state index contributed by atoms with van der Waals surface area (Å²) in [6, 6.07) is 0. The lowest BCUT2D eigenvalue weighted by molar-refractivity contribution is 1.53. The molecule has 0 atom stereocenters. The van der Waals surface area contributed by atoms with Crippen molar-refractivity contribution < 1.29 is 0 Å². The van der Waals surface area contributed by atoms with Crippen LogP contribution in [0.2, 0.25) is 0 Å². The van der Waals surface area contributed by atoms with E-state index in [4.69, 9.17) is 28.6 Å². The minimum absolute atomic E-state index is 0.0586. The van der Waals surface area contributed by atoms with Gasteiger partial charge in [0, 0.05) is 6.20 Å². The van der Waals surface area contributed by atoms with Gasteiger partial charge in [0.05, 0.1) is 0 Å². The first-order valence-corrected chi connectivity index (χ1v) is 2.99. The highest BCUT2D eigenvalue weighted by atomic mass is 35.5. The van der Waals surface area contributed by atoms with E-state index < -0.39 is 0 Å². The smallest absolute Gasteiger partial charge is 0.122 e. The molecule has 0 aromatic heterocycles. The zero-order valence-electron chi connectivity index (χ0n) is 4.86. The van der Waals surface area contributed by atoms with Gasteiger partial charge in [-0.2, -0.15) is 0 Å². The predicted octanol–water partition coefficient (Wildman–Crippen LogP) is 2.37. The third-order valence-corrected chi connectivity index (χ3v) is 0.697. The Labute approximate surface area is 63.7 Å². The second-order valence-electron chi connectivity index (χ2n) is 1.29. The first-order valence-electron chi connectivity index (χ1n) is 2.23. The lowest BCUT2D eigenvalue weighted by Gasteiger charge is -1.78. The van der Waals surface area contributed by atoms with Crippen LogP contribution < -0.4 is 0 Å². The van der Waals surface area contributed by atoms with Gasteiger partial charge < -0.3 is 0 Å². The van der Waals surface area contributed by atoms with Gasteiger partial charge in [0.15, 0.2) is 0 Å². The van der Waals surface area contributed by atoms with Crippen LogP contribution in [0, 0.1) is 5.41 Å². The van der Waals surface area contributed by atoms with Crippen LogP contribution in [0.25, 0.3) is 0 Å². The third-order valence-electron chi connectivity index (χ3n) is 0.473. The van der Waals surface area contributed by atoms with Gasteiger partial charge in [0.2, 0.25) is 0 Å². The SMILES string of the molecule is C/C(Cl)=N\C=C/C(=N)Cl. The summed E-state index contributed by atoms with van der Waals surface area (Å²) in [6.45, 7) is 1.64. The van der Waals surface area contributed by atoms with Gasteiger partial charge in [-0.3, -0.25) is 5.41 Å². The molecule has 2 nitrogen and oxygen atoms in total. The van der Waals surface area contributed by atoms with Crippen molar-refractivity contribution in [1.29, 1.82) is 5.41 Å². The third kappa shape index (κ3) is 7.66. The summed E-state index contributed by atoms with van der Waals surface area (Å²) < 4.78 is 0. The molecule has 0 rings (SSSR count). The maximum atomic E-state index is 6.70. The number of aliphatic imine (C=N–C) groups is 1. The maximum absolute atomic E-state index is 6.70. The topological polar surface area (TPSA) is 36.2 Å². The van der Waals surface area contributed by atoms with Gasteiger partial charge in [0.25, 0.3) is 0 Å². The summed E-state index contributed by atoms with van der Waals surface area (Å²) in [6.07, 6.45) is 2.71. The number of hydrogen-bond acceptors (Lipinski definition) is 2. The Morgan fingerprint density at radius 3 is 2.44 bits per heavy atom. The van der Waals surface area contributed by atoms with E-state index in [-0.39, 0.29) is 5.17 Å². The van der Waals surface area contributed by atoms with Gasteiger partial charge in [-0.05, 0) is 13.0 Å². The van der Waals surface area contributed by atoms with E-state index in [1.165, 1.54) is 12.3 Å². The van der Waals surface area contributed by atoms with Crippen LogP contribution in [0.4, 0.5) is 0 Å². The van der Waals surface area contributed by atoms with E-state index in [1.54, 1.807) is 6.92 Å². The highest BCUT2D eigenvalue weighted by Crippen LogP contribution is 1.87. The van der Waals surface area contributed by atoms with Crippen molar-refractivity contribution in [2.24, 2.45) is 4.99 Å². The quantitative estimate of drug-likeness (QED) is 0.609. The predicted molar refractivity (Wildman–Crippen MR) is 41.7 cm³/mol. The highest BCUT2D eigenvalue weighted by Gasteiger charge is 1.77. The number of halogens is 2. The number of rotatable bonds is 2. The fourth-order valence-electron chi connectivity index (χ4n) is 0.205. The lowest BCUT2D eigenvalue weighted by atomic mass is 10.6. The number of nitrogens with one attached hydrogen (secondary N) is 1. The van der Waals surface area contributed by atoms with E-state index >= 15 is 0 Å². The summed E-state index contributed by atoms with van der Waals surface area (Å²) in [4.78, 5) is 3.64. The van der Waals surface area contributed by atoms with Crippen molar-refractivity contribution >= 4 is 33.5 Å². The van der Waals surface area contributed by atoms with Crippen LogP contribution in [0.3, 0.4) is 0 Å². The zero-order valence-corrected chi connectivity index (χ0v) is 6.37. The molecule has 4 heteroatoms. The molecule has 0 heterocycles. The Hall–Kier alpha value is -0.340. The normalized spacial score (nSPS) is 12.6. The summed E-state index contributed by atoms with van der Waals surface area (Å²) in [5.74, 6) is 0. The summed E-state index contributed by atoms with van der Waals surface area (Å²) in [5, 5.41) is 7.07. The molecule has 0 aromatic carbocycles. The molecular weight excluding hydrogens is 159 g/mol. The van der Waals surface area contributed by atoms with Crippen LogP contribution >= 0.6 is 23.2 Å². The summed E-state index contributed by atoms with van der Waals surface area (Å²) >= 11 is 10.5. The van der Waals surface area contributed by atoms with Gasteiger partial charge in [-0.15, -0.1) is 0 Å². The molecule has 0 spiro atoms. The average molecular weight is 165 g/mol. The lowest BCUT2D eigenvalue weighted by Crippen LogP contribution is -1.74. The summed E-state index contributed by atoms with van der Waals surface area (Å²) in [5.41, 5.74) is 0. The fourth-order valence-corrected chi connectivity index (χ4v) is 0.318. The molecule has 50 valence electrons. The number of nitrogens with zero attached hydrogens (tertiary/aromatic N) is 1. The molecule has 0 saturated heterocycles. The number of hydrogen-bond donors (Lipinski definition) is 1. The van der Waals surface area contributed by atoms with Crippen LogP contribution in [-0.4, -0.2) is 10.3 Å². The largest absolute Gasteiger partial charge is 0.289 e. The van der Waals surface area contributed by atoms with Crippen molar-refractivity contribution in [3.63, 3.8) is 0 Å². The fraction of sp³-hybridized carbons (Fsp3) is 0.200. The van der Waals surface area contributed by atoms with Gasteiger partial charge in [0.1, 0.15) is 10.3 Å². The van der Waals surface area contributed by atoms with E-state index in [0.29, 0.717) is 5.17 Å². The monoisotopic (exact) mass is 164 g/mol. The molecule has 0 amide bonds. The average Bonchev–Trinajstić information content (AvgIpc) is 1.63. The standard InChI is InChI=1S/C5H6Cl2N2/c1-4(6)9-3-2-5(7)8/h2-3,8H,1H3/b3-2-,8-5?,9-4+. The Bertz CT molecular complexity index is 156. The molecule has 9 heavy (non-hydrogen) atoms. The van der Waals surface area contributed by atoms with Crippen molar-refractivity contribution in [2.75, 3.05) is 0 Å². The van der Waals surface area contributed by atoms with Crippen molar-refractivity contribution in [3.8, 4) is 0 Å².